The summed E-state index contributed by atoms with van der Waals surface area (Å²) < 4.78 is 88.3. The molecule has 2 nitrogen and oxygen atoms in total. The standard InChI is InChI=1S/C18H12Cl2F6O2/c19-15(20)9-10-28-14-7-3-12(4-8-14)16(17(21,22)23,18(24,25)26)11-1-5-13(27)6-2-11/h1-9,27H,10H2. The van der Waals surface area contributed by atoms with Crippen molar-refractivity contribution in [3.05, 3.63) is 70.2 Å². The summed E-state index contributed by atoms with van der Waals surface area (Å²) in [6, 6.07) is 6.06. The molecule has 0 saturated carbocycles. The van der Waals surface area contributed by atoms with Crippen molar-refractivity contribution in [2.75, 3.05) is 6.61 Å². The van der Waals surface area contributed by atoms with Crippen molar-refractivity contribution in [2.24, 2.45) is 0 Å². The fourth-order valence-electron chi connectivity index (χ4n) is 2.70. The van der Waals surface area contributed by atoms with Crippen molar-refractivity contribution >= 4 is 23.2 Å². The molecule has 0 atom stereocenters. The Morgan fingerprint density at radius 2 is 1.25 bits per heavy atom. The molecule has 1 N–H and O–H groups in total. The average molecular weight is 445 g/mol. The molecule has 0 aromatic heterocycles. The van der Waals surface area contributed by atoms with Crippen LogP contribution in [0.25, 0.3) is 0 Å². The van der Waals surface area contributed by atoms with Crippen LogP contribution in [0, 0.1) is 0 Å². The van der Waals surface area contributed by atoms with Gasteiger partial charge in [0.15, 0.2) is 0 Å². The van der Waals surface area contributed by atoms with Crippen molar-refractivity contribution in [1.29, 1.82) is 0 Å². The third kappa shape index (κ3) is 4.33. The SMILES string of the molecule is Oc1ccc(C(c2ccc(OCC=C(Cl)Cl)cc2)(C(F)(F)F)C(F)(F)F)cc1. The van der Waals surface area contributed by atoms with Crippen molar-refractivity contribution in [3.63, 3.8) is 0 Å². The van der Waals surface area contributed by atoms with Crippen LogP contribution in [0.4, 0.5) is 26.3 Å². The summed E-state index contributed by atoms with van der Waals surface area (Å²) in [5, 5.41) is 9.25. The molecule has 28 heavy (non-hydrogen) atoms. The second kappa shape index (κ2) is 8.13. The maximum atomic E-state index is 13.9. The normalized spacial score (nSPS) is 12.6. The summed E-state index contributed by atoms with van der Waals surface area (Å²) in [6.07, 6.45) is -10.2. The fraction of sp³-hybridized carbons (Fsp3) is 0.222. The zero-order chi connectivity index (χ0) is 21.2. The zero-order valence-corrected chi connectivity index (χ0v) is 15.3. The minimum atomic E-state index is -5.71. The molecule has 0 bridgehead atoms. The highest BCUT2D eigenvalue weighted by Gasteiger charge is 2.72. The van der Waals surface area contributed by atoms with Gasteiger partial charge in [0.1, 0.15) is 22.6 Å². The van der Waals surface area contributed by atoms with Crippen molar-refractivity contribution in [1.82, 2.24) is 0 Å². The lowest BCUT2D eigenvalue weighted by molar-refractivity contribution is -0.288. The highest BCUT2D eigenvalue weighted by molar-refractivity contribution is 6.55. The van der Waals surface area contributed by atoms with Gasteiger partial charge in [0.05, 0.1) is 0 Å². The van der Waals surface area contributed by atoms with Crippen molar-refractivity contribution < 1.29 is 36.2 Å². The minimum absolute atomic E-state index is 0.0264. The lowest BCUT2D eigenvalue weighted by atomic mass is 9.73. The van der Waals surface area contributed by atoms with Gasteiger partial charge in [0.2, 0.25) is 5.41 Å². The summed E-state index contributed by atoms with van der Waals surface area (Å²) in [5.74, 6) is -0.435. The third-order valence-electron chi connectivity index (χ3n) is 3.93. The van der Waals surface area contributed by atoms with Crippen LogP contribution < -0.4 is 4.74 Å². The van der Waals surface area contributed by atoms with Gasteiger partial charge in [-0.15, -0.1) is 0 Å². The first-order valence-electron chi connectivity index (χ1n) is 7.57. The average Bonchev–Trinajstić information content (AvgIpc) is 2.55. The third-order valence-corrected chi connectivity index (χ3v) is 4.23. The Bertz CT molecular complexity index is 809. The van der Waals surface area contributed by atoms with Crippen LogP contribution in [0.2, 0.25) is 0 Å². The second-order valence-electron chi connectivity index (χ2n) is 5.62. The van der Waals surface area contributed by atoms with Gasteiger partial charge in [0, 0.05) is 0 Å². The predicted octanol–water partition coefficient (Wildman–Crippen LogP) is 6.50. The van der Waals surface area contributed by atoms with E-state index in [1.807, 2.05) is 0 Å². The summed E-state index contributed by atoms with van der Waals surface area (Å²) >= 11 is 10.8. The molecule has 10 heteroatoms. The van der Waals surface area contributed by atoms with Crippen LogP contribution in [0.1, 0.15) is 11.1 Å². The molecule has 0 radical (unpaired) electrons. The van der Waals surface area contributed by atoms with Gasteiger partial charge in [-0.2, -0.15) is 26.3 Å². The predicted molar refractivity (Wildman–Crippen MR) is 92.7 cm³/mol. The first-order valence-corrected chi connectivity index (χ1v) is 8.32. The molecule has 0 saturated heterocycles. The smallest absolute Gasteiger partial charge is 0.411 e. The van der Waals surface area contributed by atoms with Crippen LogP contribution in [-0.2, 0) is 5.41 Å². The molecule has 0 amide bonds. The van der Waals surface area contributed by atoms with E-state index < -0.39 is 34.6 Å². The lowest BCUT2D eigenvalue weighted by Gasteiger charge is -2.38. The molecule has 0 spiro atoms. The first-order chi connectivity index (χ1) is 12.9. The summed E-state index contributed by atoms with van der Waals surface area (Å²) in [4.78, 5) is 0. The maximum absolute atomic E-state index is 13.9. The van der Waals surface area contributed by atoms with E-state index in [0.29, 0.717) is 24.3 Å². The van der Waals surface area contributed by atoms with Gasteiger partial charge in [0.25, 0.3) is 0 Å². The van der Waals surface area contributed by atoms with Gasteiger partial charge in [-0.3, -0.25) is 0 Å². The summed E-state index contributed by atoms with van der Waals surface area (Å²) in [7, 11) is 0. The van der Waals surface area contributed by atoms with Gasteiger partial charge in [-0.25, -0.2) is 0 Å². The van der Waals surface area contributed by atoms with Crippen LogP contribution >= 0.6 is 23.2 Å². The Labute approximate surface area is 165 Å². The van der Waals surface area contributed by atoms with Gasteiger partial charge < -0.3 is 9.84 Å². The van der Waals surface area contributed by atoms with E-state index in [1.54, 1.807) is 0 Å². The number of phenolic OH excluding ortho intramolecular Hbond substituents is 1. The number of ether oxygens (including phenoxy) is 1. The van der Waals surface area contributed by atoms with E-state index >= 15 is 0 Å². The van der Waals surface area contributed by atoms with E-state index in [2.05, 4.69) is 0 Å². The number of hydrogen-bond acceptors (Lipinski definition) is 2. The number of halogens is 8. The Kier molecular flexibility index (Phi) is 6.45. The van der Waals surface area contributed by atoms with E-state index in [1.165, 1.54) is 6.08 Å². The van der Waals surface area contributed by atoms with Crippen molar-refractivity contribution in [3.8, 4) is 11.5 Å². The topological polar surface area (TPSA) is 29.5 Å². The van der Waals surface area contributed by atoms with Crippen LogP contribution in [0.5, 0.6) is 11.5 Å². The Hall–Kier alpha value is -2.06. The molecule has 2 rings (SSSR count). The minimum Gasteiger partial charge on any atom is -0.508 e. The molecule has 0 fully saturated rings. The highest BCUT2D eigenvalue weighted by Crippen LogP contribution is 2.56. The van der Waals surface area contributed by atoms with E-state index in [-0.39, 0.29) is 16.8 Å². The van der Waals surface area contributed by atoms with E-state index in [4.69, 9.17) is 27.9 Å². The van der Waals surface area contributed by atoms with Crippen LogP contribution in [0.15, 0.2) is 59.1 Å². The number of rotatable bonds is 5. The van der Waals surface area contributed by atoms with Crippen LogP contribution in [0.3, 0.4) is 0 Å². The Balaban J connectivity index is 2.59. The molecule has 152 valence electrons. The maximum Gasteiger partial charge on any atom is 0.411 e. The Morgan fingerprint density at radius 1 is 0.821 bits per heavy atom. The fourth-order valence-corrected chi connectivity index (χ4v) is 2.82. The van der Waals surface area contributed by atoms with Crippen molar-refractivity contribution in [2.45, 2.75) is 17.8 Å². The number of phenols is 1. The summed E-state index contributed by atoms with van der Waals surface area (Å²) in [5.41, 5.74) is -6.40. The monoisotopic (exact) mass is 444 g/mol. The number of aromatic hydroxyl groups is 1. The van der Waals surface area contributed by atoms with Gasteiger partial charge >= 0.3 is 12.4 Å². The van der Waals surface area contributed by atoms with E-state index in [0.717, 1.165) is 24.3 Å². The quantitative estimate of drug-likeness (QED) is 0.533. The zero-order valence-electron chi connectivity index (χ0n) is 13.8. The number of hydrogen-bond donors (Lipinski definition) is 1. The largest absolute Gasteiger partial charge is 0.508 e. The number of benzene rings is 2. The highest BCUT2D eigenvalue weighted by atomic mass is 35.5. The Morgan fingerprint density at radius 3 is 1.64 bits per heavy atom. The first kappa shape index (κ1) is 22.2. The number of alkyl halides is 6. The second-order valence-corrected chi connectivity index (χ2v) is 6.63. The van der Waals surface area contributed by atoms with E-state index in [9.17, 15) is 31.4 Å². The molecule has 0 aliphatic rings. The molecular formula is C18H12Cl2F6O2. The van der Waals surface area contributed by atoms with Crippen LogP contribution in [-0.4, -0.2) is 24.1 Å². The van der Waals surface area contributed by atoms with Gasteiger partial charge in [-0.1, -0.05) is 47.5 Å². The summed E-state index contributed by atoms with van der Waals surface area (Å²) in [6.45, 7) is -0.122. The molecule has 0 unspecified atom stereocenters. The molecule has 2 aromatic carbocycles. The molecular weight excluding hydrogens is 433 g/mol. The molecule has 0 aliphatic carbocycles. The molecule has 2 aromatic rings. The molecule has 0 aliphatic heterocycles. The molecule has 0 heterocycles. The lowest BCUT2D eigenvalue weighted by Crippen LogP contribution is -2.54. The van der Waals surface area contributed by atoms with Gasteiger partial charge in [-0.05, 0) is 41.5 Å².